The number of hydrogen-bond acceptors (Lipinski definition) is 3. The van der Waals surface area contributed by atoms with E-state index in [-0.39, 0.29) is 5.91 Å². The topological polar surface area (TPSA) is 41.6 Å². The summed E-state index contributed by atoms with van der Waals surface area (Å²) in [7, 11) is 0. The van der Waals surface area contributed by atoms with Gasteiger partial charge in [-0.3, -0.25) is 4.79 Å². The summed E-state index contributed by atoms with van der Waals surface area (Å²) in [6.07, 6.45) is 3.49. The number of benzene rings is 2. The summed E-state index contributed by atoms with van der Waals surface area (Å²) in [5.74, 6) is -0.894. The van der Waals surface area contributed by atoms with Crippen LogP contribution in [0.3, 0.4) is 0 Å². The van der Waals surface area contributed by atoms with Crippen molar-refractivity contribution in [2.75, 3.05) is 24.6 Å². The van der Waals surface area contributed by atoms with Gasteiger partial charge >= 0.3 is 0 Å². The van der Waals surface area contributed by atoms with Crippen LogP contribution in [0.2, 0.25) is 0 Å². The maximum absolute atomic E-state index is 14.4. The number of halogens is 2. The van der Waals surface area contributed by atoms with E-state index in [1.807, 2.05) is 6.07 Å². The molecule has 1 amide bonds. The zero-order valence-electron chi connectivity index (χ0n) is 15.5. The van der Waals surface area contributed by atoms with Crippen molar-refractivity contribution in [2.24, 2.45) is 5.92 Å². The van der Waals surface area contributed by atoms with Crippen LogP contribution in [0.4, 0.5) is 14.5 Å². The Labute approximate surface area is 162 Å². The van der Waals surface area contributed by atoms with E-state index in [0.717, 1.165) is 56.3 Å². The number of nitrogens with one attached hydrogen (secondary N) is 1. The molecule has 2 aromatic carbocycles. The second-order valence-electron chi connectivity index (χ2n) is 7.87. The standard InChI is InChI=1S/C22H22F2N2O2/c23-15-3-4-16(19(24)10-15)14-8-17-18(11-25-22(17)27)20(9-14)26-6-5-21-13(12-26)2-1-7-28-21/h3-4,8-10,13,21H,1-2,5-7,11-12H2,(H,25,27). The van der Waals surface area contributed by atoms with E-state index >= 15 is 0 Å². The van der Waals surface area contributed by atoms with Gasteiger partial charge in [-0.25, -0.2) is 8.78 Å². The molecule has 3 aliphatic rings. The molecule has 146 valence electrons. The van der Waals surface area contributed by atoms with Gasteiger partial charge in [-0.2, -0.15) is 0 Å². The van der Waals surface area contributed by atoms with E-state index in [1.54, 1.807) is 6.07 Å². The first kappa shape index (κ1) is 17.6. The smallest absolute Gasteiger partial charge is 0.251 e. The first-order valence-electron chi connectivity index (χ1n) is 9.87. The second kappa shape index (κ2) is 6.85. The predicted molar refractivity (Wildman–Crippen MR) is 102 cm³/mol. The van der Waals surface area contributed by atoms with Crippen molar-refractivity contribution in [1.29, 1.82) is 0 Å². The lowest BCUT2D eigenvalue weighted by molar-refractivity contribution is -0.0357. The molecule has 2 aromatic rings. The molecule has 0 saturated carbocycles. The van der Waals surface area contributed by atoms with Crippen molar-refractivity contribution in [1.82, 2.24) is 5.32 Å². The third-order valence-corrected chi connectivity index (χ3v) is 6.19. The number of ether oxygens (including phenoxy) is 1. The van der Waals surface area contributed by atoms with Crippen LogP contribution in [0.1, 0.15) is 35.2 Å². The highest BCUT2D eigenvalue weighted by atomic mass is 19.1. The minimum Gasteiger partial charge on any atom is -0.378 e. The molecule has 0 bridgehead atoms. The van der Waals surface area contributed by atoms with Gasteiger partial charge in [0.1, 0.15) is 11.6 Å². The molecule has 28 heavy (non-hydrogen) atoms. The molecular weight excluding hydrogens is 362 g/mol. The molecule has 3 aliphatic heterocycles. The van der Waals surface area contributed by atoms with Crippen LogP contribution in [0.5, 0.6) is 0 Å². The van der Waals surface area contributed by atoms with Gasteiger partial charge in [0.05, 0.1) is 6.10 Å². The van der Waals surface area contributed by atoms with E-state index in [4.69, 9.17) is 4.74 Å². The Morgan fingerprint density at radius 2 is 2.00 bits per heavy atom. The number of carbonyl (C=O) groups is 1. The summed E-state index contributed by atoms with van der Waals surface area (Å²) in [5.41, 5.74) is 3.43. The minimum absolute atomic E-state index is 0.142. The van der Waals surface area contributed by atoms with Crippen molar-refractivity contribution < 1.29 is 18.3 Å². The molecule has 0 aliphatic carbocycles. The van der Waals surface area contributed by atoms with Gasteiger partial charge in [-0.15, -0.1) is 0 Å². The van der Waals surface area contributed by atoms with Crippen molar-refractivity contribution in [3.63, 3.8) is 0 Å². The van der Waals surface area contributed by atoms with Gasteiger partial charge in [0, 0.05) is 60.6 Å². The Morgan fingerprint density at radius 1 is 1.11 bits per heavy atom. The first-order valence-corrected chi connectivity index (χ1v) is 9.87. The molecule has 2 fully saturated rings. The van der Waals surface area contributed by atoms with Gasteiger partial charge in [-0.1, -0.05) is 0 Å². The van der Waals surface area contributed by atoms with E-state index < -0.39 is 11.6 Å². The molecule has 2 atom stereocenters. The molecule has 3 heterocycles. The summed E-state index contributed by atoms with van der Waals surface area (Å²) in [6.45, 7) is 3.04. The van der Waals surface area contributed by atoms with Crippen LogP contribution in [0, 0.1) is 17.6 Å². The SMILES string of the molecule is O=C1NCc2c1cc(-c1ccc(F)cc1F)cc2N1CCC2OCCCC2C1. The summed E-state index contributed by atoms with van der Waals surface area (Å²) >= 11 is 0. The normalized spacial score (nSPS) is 23.9. The number of anilines is 1. The second-order valence-corrected chi connectivity index (χ2v) is 7.87. The van der Waals surface area contributed by atoms with Crippen LogP contribution >= 0.6 is 0 Å². The molecule has 6 heteroatoms. The van der Waals surface area contributed by atoms with E-state index in [1.165, 1.54) is 12.1 Å². The first-order chi connectivity index (χ1) is 13.6. The maximum Gasteiger partial charge on any atom is 0.251 e. The van der Waals surface area contributed by atoms with Crippen LogP contribution < -0.4 is 10.2 Å². The van der Waals surface area contributed by atoms with Crippen LogP contribution in [0.25, 0.3) is 11.1 Å². The zero-order chi connectivity index (χ0) is 19.3. The van der Waals surface area contributed by atoms with Crippen LogP contribution in [-0.2, 0) is 11.3 Å². The Balaban J connectivity index is 1.57. The number of fused-ring (bicyclic) bond motifs is 2. The summed E-state index contributed by atoms with van der Waals surface area (Å²) < 4.78 is 33.7. The van der Waals surface area contributed by atoms with Crippen molar-refractivity contribution in [3.05, 3.63) is 53.1 Å². The minimum atomic E-state index is -0.622. The molecule has 0 radical (unpaired) electrons. The Kier molecular flexibility index (Phi) is 4.31. The van der Waals surface area contributed by atoms with Crippen molar-refractivity contribution >= 4 is 11.6 Å². The third-order valence-electron chi connectivity index (χ3n) is 6.19. The van der Waals surface area contributed by atoms with Gasteiger partial charge < -0.3 is 15.0 Å². The van der Waals surface area contributed by atoms with Gasteiger partial charge in [-0.05, 0) is 49.1 Å². The highest BCUT2D eigenvalue weighted by molar-refractivity contribution is 6.01. The number of rotatable bonds is 2. The molecule has 0 aromatic heterocycles. The Bertz CT molecular complexity index is 946. The molecule has 2 unspecified atom stereocenters. The fraction of sp³-hybridized carbons (Fsp3) is 0.409. The lowest BCUT2D eigenvalue weighted by Gasteiger charge is -2.42. The zero-order valence-corrected chi connectivity index (χ0v) is 15.5. The fourth-order valence-corrected chi connectivity index (χ4v) is 4.78. The summed E-state index contributed by atoms with van der Waals surface area (Å²) in [5, 5.41) is 2.88. The maximum atomic E-state index is 14.4. The molecular formula is C22H22F2N2O2. The average molecular weight is 384 g/mol. The molecule has 4 nitrogen and oxygen atoms in total. The van der Waals surface area contributed by atoms with Crippen LogP contribution in [0.15, 0.2) is 30.3 Å². The molecule has 1 N–H and O–H groups in total. The monoisotopic (exact) mass is 384 g/mol. The fourth-order valence-electron chi connectivity index (χ4n) is 4.78. The van der Waals surface area contributed by atoms with E-state index in [9.17, 15) is 13.6 Å². The van der Waals surface area contributed by atoms with Gasteiger partial charge in [0.25, 0.3) is 5.91 Å². The quantitative estimate of drug-likeness (QED) is 0.854. The lowest BCUT2D eigenvalue weighted by Crippen LogP contribution is -2.46. The Hall–Kier alpha value is -2.47. The van der Waals surface area contributed by atoms with Gasteiger partial charge in [0.15, 0.2) is 0 Å². The number of carbonyl (C=O) groups excluding carboxylic acids is 1. The van der Waals surface area contributed by atoms with E-state index in [0.29, 0.717) is 35.3 Å². The van der Waals surface area contributed by atoms with Crippen molar-refractivity contribution in [2.45, 2.75) is 31.9 Å². The summed E-state index contributed by atoms with van der Waals surface area (Å²) in [4.78, 5) is 14.7. The Morgan fingerprint density at radius 3 is 2.86 bits per heavy atom. The molecule has 5 rings (SSSR count). The highest BCUT2D eigenvalue weighted by Gasteiger charge is 2.34. The highest BCUT2D eigenvalue weighted by Crippen LogP contribution is 2.38. The summed E-state index contributed by atoms with van der Waals surface area (Å²) in [6, 6.07) is 7.22. The van der Waals surface area contributed by atoms with Crippen LogP contribution in [-0.4, -0.2) is 31.7 Å². The number of hydrogen-bond donors (Lipinski definition) is 1. The van der Waals surface area contributed by atoms with Gasteiger partial charge in [0.2, 0.25) is 0 Å². The average Bonchev–Trinajstić information content (AvgIpc) is 3.08. The number of nitrogens with zero attached hydrogens (tertiary/aromatic N) is 1. The third kappa shape index (κ3) is 2.96. The predicted octanol–water partition coefficient (Wildman–Crippen LogP) is 3.88. The largest absolute Gasteiger partial charge is 0.378 e. The number of amides is 1. The molecule has 2 saturated heterocycles. The molecule has 0 spiro atoms. The number of piperidine rings is 1. The van der Waals surface area contributed by atoms with Crippen molar-refractivity contribution in [3.8, 4) is 11.1 Å². The lowest BCUT2D eigenvalue weighted by atomic mass is 9.87. The van der Waals surface area contributed by atoms with E-state index in [2.05, 4.69) is 10.2 Å².